The summed E-state index contributed by atoms with van der Waals surface area (Å²) in [5.41, 5.74) is 0. The first kappa shape index (κ1) is 18.0. The second kappa shape index (κ2) is 17.3. The van der Waals surface area contributed by atoms with E-state index in [1.165, 1.54) is 0 Å². The lowest BCUT2D eigenvalue weighted by atomic mass is 10.8. The molecule has 3 N–H and O–H groups in total. The van der Waals surface area contributed by atoms with Gasteiger partial charge >= 0.3 is 5.97 Å². The third kappa shape index (κ3) is 49.8. The number of aliphatic hydroxyl groups excluding tert-OH is 2. The van der Waals surface area contributed by atoms with Crippen LogP contribution in [0.4, 0.5) is 0 Å². The maximum atomic E-state index is 9.55. The van der Waals surface area contributed by atoms with Gasteiger partial charge in [0.25, 0.3) is 0 Å². The Labute approximate surface area is 83.4 Å². The van der Waals surface area contributed by atoms with Gasteiger partial charge in [0.1, 0.15) is 4.58 Å². The van der Waals surface area contributed by atoms with Crippen molar-refractivity contribution in [2.75, 3.05) is 13.2 Å². The molecule has 12 heavy (non-hydrogen) atoms. The van der Waals surface area contributed by atoms with Gasteiger partial charge in [-0.1, -0.05) is 0 Å². The first-order valence-electron chi connectivity index (χ1n) is 3.28. The van der Waals surface area contributed by atoms with E-state index in [0.29, 0.717) is 0 Å². The van der Waals surface area contributed by atoms with Gasteiger partial charge < -0.3 is 15.3 Å². The smallest absolute Gasteiger partial charge is 0.326 e. The predicted molar refractivity (Wildman–Crippen MR) is 54.9 cm³/mol. The van der Waals surface area contributed by atoms with Gasteiger partial charge in [-0.2, -0.15) is 25.3 Å². The van der Waals surface area contributed by atoms with Crippen LogP contribution in [0.5, 0.6) is 0 Å². The van der Waals surface area contributed by atoms with E-state index in [9.17, 15) is 4.79 Å². The van der Waals surface area contributed by atoms with Crippen molar-refractivity contribution in [3.8, 4) is 0 Å². The van der Waals surface area contributed by atoms with Gasteiger partial charge in [-0.05, 0) is 13.8 Å². The van der Waals surface area contributed by atoms with Crippen LogP contribution in [0.3, 0.4) is 0 Å². The molecule has 0 bridgehead atoms. The molecule has 0 aliphatic carbocycles. The first-order valence-corrected chi connectivity index (χ1v) is 4.31. The minimum Gasteiger partial charge on any atom is -0.480 e. The number of thiol groups is 2. The number of carbonyl (C=O) groups is 1. The molecule has 0 aliphatic rings. The SMILES string of the molecule is CCO.CCO.O=C(O)C(S)S. The molecular formula is C6H16O4S2. The minimum absolute atomic E-state index is 0.250. The van der Waals surface area contributed by atoms with Crippen molar-refractivity contribution in [3.05, 3.63) is 0 Å². The molecule has 4 nitrogen and oxygen atoms in total. The van der Waals surface area contributed by atoms with E-state index in [1.54, 1.807) is 13.8 Å². The number of carboxylic acid groups (broad SMARTS) is 1. The molecule has 0 spiro atoms. The van der Waals surface area contributed by atoms with Crippen molar-refractivity contribution >= 4 is 31.2 Å². The van der Waals surface area contributed by atoms with Crippen molar-refractivity contribution in [2.24, 2.45) is 0 Å². The number of carboxylic acids is 1. The summed E-state index contributed by atoms with van der Waals surface area (Å²) in [7, 11) is 0. The molecule has 76 valence electrons. The van der Waals surface area contributed by atoms with Gasteiger partial charge in [-0.25, -0.2) is 0 Å². The lowest BCUT2D eigenvalue weighted by molar-refractivity contribution is -0.134. The van der Waals surface area contributed by atoms with E-state index in [4.69, 9.17) is 15.3 Å². The van der Waals surface area contributed by atoms with Crippen LogP contribution in [0.15, 0.2) is 0 Å². The standard InChI is InChI=1S/C2H4O2S2.2C2H6O/c3-1(4)2(5)6;2*1-2-3/h2,5-6H,(H,3,4);2*3H,2H2,1H3. The van der Waals surface area contributed by atoms with E-state index in [-0.39, 0.29) is 13.2 Å². The summed E-state index contributed by atoms with van der Waals surface area (Å²) >= 11 is 6.92. The zero-order valence-electron chi connectivity index (χ0n) is 7.14. The molecular weight excluding hydrogens is 200 g/mol. The van der Waals surface area contributed by atoms with E-state index >= 15 is 0 Å². The molecule has 6 heteroatoms. The van der Waals surface area contributed by atoms with E-state index in [2.05, 4.69) is 25.3 Å². The van der Waals surface area contributed by atoms with Crippen LogP contribution in [-0.4, -0.2) is 39.1 Å². The minimum atomic E-state index is -1.01. The molecule has 0 amide bonds. The average Bonchev–Trinajstić information content (AvgIpc) is 1.90. The van der Waals surface area contributed by atoms with E-state index in [1.807, 2.05) is 0 Å². The number of hydrogen-bond donors (Lipinski definition) is 5. The third-order valence-electron chi connectivity index (χ3n) is 0.221. The number of aliphatic hydroxyl groups is 2. The Morgan fingerprint density at radius 2 is 1.33 bits per heavy atom. The Balaban J connectivity index is -0.000000115. The highest BCUT2D eigenvalue weighted by Gasteiger charge is 2.01. The average molecular weight is 216 g/mol. The largest absolute Gasteiger partial charge is 0.480 e. The summed E-state index contributed by atoms with van der Waals surface area (Å²) in [6.07, 6.45) is 0. The summed E-state index contributed by atoms with van der Waals surface area (Å²) in [4.78, 5) is 9.55. The van der Waals surface area contributed by atoms with Crippen LogP contribution in [0, 0.1) is 0 Å². The molecule has 0 aromatic carbocycles. The summed E-state index contributed by atoms with van der Waals surface area (Å²) < 4.78 is -0.843. The van der Waals surface area contributed by atoms with Crippen molar-refractivity contribution in [3.63, 3.8) is 0 Å². The van der Waals surface area contributed by atoms with Gasteiger partial charge in [0.05, 0.1) is 0 Å². The lowest BCUT2D eigenvalue weighted by Crippen LogP contribution is -2.04. The Morgan fingerprint density at radius 3 is 1.33 bits per heavy atom. The zero-order valence-corrected chi connectivity index (χ0v) is 8.92. The van der Waals surface area contributed by atoms with Crippen LogP contribution in [0.2, 0.25) is 0 Å². The maximum Gasteiger partial charge on any atom is 0.326 e. The van der Waals surface area contributed by atoms with Gasteiger partial charge in [0.15, 0.2) is 0 Å². The highest BCUT2D eigenvalue weighted by molar-refractivity contribution is 8.00. The second-order valence-electron chi connectivity index (χ2n) is 1.34. The highest BCUT2D eigenvalue weighted by Crippen LogP contribution is 1.96. The van der Waals surface area contributed by atoms with Crippen LogP contribution in [-0.2, 0) is 4.79 Å². The quantitative estimate of drug-likeness (QED) is 0.322. The first-order chi connectivity index (χ1) is 5.47. The van der Waals surface area contributed by atoms with Crippen LogP contribution >= 0.6 is 25.3 Å². The monoisotopic (exact) mass is 216 g/mol. The molecule has 0 saturated heterocycles. The molecule has 0 atom stereocenters. The topological polar surface area (TPSA) is 77.8 Å². The third-order valence-corrected chi connectivity index (χ3v) is 0.663. The highest BCUT2D eigenvalue weighted by atomic mass is 32.2. The Kier molecular flexibility index (Phi) is 25.9. The number of rotatable bonds is 1. The van der Waals surface area contributed by atoms with Gasteiger partial charge in [-0.3, -0.25) is 4.79 Å². The lowest BCUT2D eigenvalue weighted by Gasteiger charge is -1.87. The zero-order chi connectivity index (χ0) is 10.6. The van der Waals surface area contributed by atoms with Crippen molar-refractivity contribution in [2.45, 2.75) is 18.4 Å². The van der Waals surface area contributed by atoms with Crippen molar-refractivity contribution in [1.29, 1.82) is 0 Å². The van der Waals surface area contributed by atoms with Crippen molar-refractivity contribution < 1.29 is 20.1 Å². The van der Waals surface area contributed by atoms with Gasteiger partial charge in [-0.15, -0.1) is 0 Å². The van der Waals surface area contributed by atoms with Crippen LogP contribution in [0.1, 0.15) is 13.8 Å². The summed E-state index contributed by atoms with van der Waals surface area (Å²) in [5.74, 6) is -1.01. The van der Waals surface area contributed by atoms with E-state index in [0.717, 1.165) is 0 Å². The summed E-state index contributed by atoms with van der Waals surface area (Å²) in [6.45, 7) is 3.86. The summed E-state index contributed by atoms with van der Waals surface area (Å²) in [6, 6.07) is 0. The normalized spacial score (nSPS) is 7.58. The molecule has 0 radical (unpaired) electrons. The fourth-order valence-electron chi connectivity index (χ4n) is 0. The molecule has 0 fully saturated rings. The Morgan fingerprint density at radius 1 is 1.25 bits per heavy atom. The summed E-state index contributed by atoms with van der Waals surface area (Å²) in [5, 5.41) is 23.0. The van der Waals surface area contributed by atoms with Crippen LogP contribution in [0.25, 0.3) is 0 Å². The predicted octanol–water partition coefficient (Wildman–Crippen LogP) is 0.254. The van der Waals surface area contributed by atoms with E-state index < -0.39 is 10.6 Å². The molecule has 0 aromatic rings. The molecule has 0 rings (SSSR count). The number of hydrogen-bond acceptors (Lipinski definition) is 5. The Hall–Kier alpha value is 0.0900. The van der Waals surface area contributed by atoms with Gasteiger partial charge in [0.2, 0.25) is 0 Å². The Bertz CT molecular complexity index is 85.6. The van der Waals surface area contributed by atoms with Gasteiger partial charge in [0, 0.05) is 13.2 Å². The molecule has 0 aliphatic heterocycles. The second-order valence-corrected chi connectivity index (χ2v) is 2.78. The molecule has 0 unspecified atom stereocenters. The number of aliphatic carboxylic acids is 1. The maximum absolute atomic E-state index is 9.55. The molecule has 0 aromatic heterocycles. The van der Waals surface area contributed by atoms with Crippen LogP contribution < -0.4 is 0 Å². The van der Waals surface area contributed by atoms with Crippen molar-refractivity contribution in [1.82, 2.24) is 0 Å². The molecule has 0 heterocycles. The fraction of sp³-hybridized carbons (Fsp3) is 0.833. The fourth-order valence-corrected chi connectivity index (χ4v) is 0. The molecule has 0 saturated carbocycles.